The number of benzene rings is 1. The molecule has 0 radical (unpaired) electrons. The molecule has 3 heterocycles. The van der Waals surface area contributed by atoms with E-state index in [2.05, 4.69) is 83.1 Å². The first-order valence-corrected chi connectivity index (χ1v) is 32.1. The van der Waals surface area contributed by atoms with E-state index in [0.717, 1.165) is 18.7 Å². The van der Waals surface area contributed by atoms with Crippen molar-refractivity contribution in [2.24, 2.45) is 0 Å². The normalized spacial score (nSPS) is 39.5. The Morgan fingerprint density at radius 2 is 1.20 bits per heavy atom. The van der Waals surface area contributed by atoms with E-state index in [0.29, 0.717) is 25.2 Å². The summed E-state index contributed by atoms with van der Waals surface area (Å²) in [6, 6.07) is 12.4. The molecule has 230 valence electrons. The van der Waals surface area contributed by atoms with E-state index in [1.165, 1.54) is 5.56 Å². The van der Waals surface area contributed by atoms with E-state index >= 15 is 0 Å². The Bertz CT molecular complexity index is 847. The Balaban J connectivity index is 0.000000222. The van der Waals surface area contributed by atoms with E-state index in [4.69, 9.17) is 42.4 Å². The van der Waals surface area contributed by atoms with Crippen LogP contribution in [0.2, 0.25) is 64.5 Å². The topological polar surface area (TPSA) is 95.6 Å². The molecule has 40 heavy (non-hydrogen) atoms. The van der Waals surface area contributed by atoms with Gasteiger partial charge in [-0.3, -0.25) is 0 Å². The lowest BCUT2D eigenvalue weighted by Gasteiger charge is -2.38. The van der Waals surface area contributed by atoms with Gasteiger partial charge in [0.2, 0.25) is 0 Å². The van der Waals surface area contributed by atoms with Crippen molar-refractivity contribution in [3.8, 4) is 0 Å². The maximum atomic E-state index is 6.33. The van der Waals surface area contributed by atoms with Gasteiger partial charge >= 0.3 is 17.1 Å². The van der Waals surface area contributed by atoms with Crippen molar-refractivity contribution in [2.45, 2.75) is 83.4 Å². The summed E-state index contributed by atoms with van der Waals surface area (Å²) in [5.74, 6) is 0.430. The van der Waals surface area contributed by atoms with Crippen molar-refractivity contribution in [3.63, 3.8) is 0 Å². The molecule has 0 aromatic heterocycles. The first-order valence-electron chi connectivity index (χ1n) is 14.4. The standard InChI is InChI=1S/C13H26O4Si4.C9H24O6Si4/c1-12(13-9-7-6-8-10-13)11-21(5)16-19(3)14-18(2)15-20(4)17-21;1-16-12-17(2)14-19(4,15-18(3)13-16)6-5-10-7-9-8-11-9/h6-10,12,18-20H,11H2,1-5H3;9,16-18H,5-8H2,1-4H3. The van der Waals surface area contributed by atoms with Gasteiger partial charge in [0.05, 0.1) is 13.2 Å². The zero-order valence-electron chi connectivity index (χ0n) is 25.6. The minimum absolute atomic E-state index is 0.314. The van der Waals surface area contributed by atoms with E-state index in [9.17, 15) is 0 Å². The highest BCUT2D eigenvalue weighted by molar-refractivity contribution is 6.82. The molecule has 1 aromatic carbocycles. The largest absolute Gasteiger partial charge is 0.420 e. The Morgan fingerprint density at radius 1 is 0.750 bits per heavy atom. The van der Waals surface area contributed by atoms with Gasteiger partial charge in [0.25, 0.3) is 55.7 Å². The second-order valence-electron chi connectivity index (χ2n) is 11.0. The molecule has 0 aliphatic carbocycles. The van der Waals surface area contributed by atoms with Gasteiger partial charge in [-0.2, -0.15) is 0 Å². The summed E-state index contributed by atoms with van der Waals surface area (Å²) in [7, 11) is -14.0. The summed E-state index contributed by atoms with van der Waals surface area (Å²) in [4.78, 5) is 0. The molecule has 4 rings (SSSR count). The summed E-state index contributed by atoms with van der Waals surface area (Å²) >= 11 is 0. The van der Waals surface area contributed by atoms with E-state index in [1.54, 1.807) is 0 Å². The molecule has 6 unspecified atom stereocenters. The minimum atomic E-state index is -2.23. The molecule has 1 aromatic rings. The van der Waals surface area contributed by atoms with Crippen molar-refractivity contribution in [1.82, 2.24) is 0 Å². The van der Waals surface area contributed by atoms with Crippen molar-refractivity contribution in [2.75, 3.05) is 19.8 Å². The lowest BCUT2D eigenvalue weighted by Crippen LogP contribution is -2.53. The van der Waals surface area contributed by atoms with Gasteiger partial charge in [0.15, 0.2) is 0 Å². The van der Waals surface area contributed by atoms with E-state index in [1.807, 2.05) is 6.55 Å². The molecular weight excluding hydrogens is 649 g/mol. The highest BCUT2D eigenvalue weighted by Gasteiger charge is 2.41. The Hall–Kier alpha value is 0.555. The molecule has 3 saturated heterocycles. The van der Waals surface area contributed by atoms with Crippen LogP contribution in [0.3, 0.4) is 0 Å². The first kappa shape index (κ1) is 35.0. The smallest absolute Gasteiger partial charge is 0.319 e. The van der Waals surface area contributed by atoms with E-state index in [-0.39, 0.29) is 0 Å². The van der Waals surface area contributed by atoms with Crippen molar-refractivity contribution >= 4 is 72.8 Å². The summed E-state index contributed by atoms with van der Waals surface area (Å²) in [6.07, 6.45) is 0.314. The van der Waals surface area contributed by atoms with Crippen molar-refractivity contribution in [3.05, 3.63) is 35.9 Å². The Morgan fingerprint density at radius 3 is 1.65 bits per heavy atom. The van der Waals surface area contributed by atoms with Gasteiger partial charge in [0, 0.05) is 12.7 Å². The average Bonchev–Trinajstić information content (AvgIpc) is 3.64. The predicted molar refractivity (Wildman–Crippen MR) is 175 cm³/mol. The van der Waals surface area contributed by atoms with Crippen LogP contribution in [-0.2, 0) is 42.4 Å². The zero-order chi connectivity index (χ0) is 29.3. The molecule has 0 bridgehead atoms. The molecule has 0 amide bonds. The minimum Gasteiger partial charge on any atom is -0.420 e. The van der Waals surface area contributed by atoms with Crippen LogP contribution in [0.4, 0.5) is 0 Å². The van der Waals surface area contributed by atoms with Crippen LogP contribution in [0.25, 0.3) is 0 Å². The quantitative estimate of drug-likeness (QED) is 0.229. The predicted octanol–water partition coefficient (Wildman–Crippen LogP) is 2.60. The summed E-state index contributed by atoms with van der Waals surface area (Å²) < 4.78 is 59.4. The van der Waals surface area contributed by atoms with Crippen molar-refractivity contribution in [1.29, 1.82) is 0 Å². The third kappa shape index (κ3) is 13.0. The number of hydrogen-bond acceptors (Lipinski definition) is 10. The van der Waals surface area contributed by atoms with Gasteiger partial charge in [-0.15, -0.1) is 0 Å². The van der Waals surface area contributed by atoms with Crippen LogP contribution in [0.15, 0.2) is 30.3 Å². The van der Waals surface area contributed by atoms with Gasteiger partial charge < -0.3 is 42.4 Å². The lowest BCUT2D eigenvalue weighted by atomic mass is 10.0. The van der Waals surface area contributed by atoms with Gasteiger partial charge in [-0.25, -0.2) is 0 Å². The fraction of sp³-hybridized carbons (Fsp3) is 0.727. The maximum Gasteiger partial charge on any atom is 0.319 e. The van der Waals surface area contributed by atoms with Crippen LogP contribution in [0, 0.1) is 0 Å². The van der Waals surface area contributed by atoms with Gasteiger partial charge in [0.1, 0.15) is 6.10 Å². The third-order valence-electron chi connectivity index (χ3n) is 6.65. The van der Waals surface area contributed by atoms with Crippen LogP contribution in [0.5, 0.6) is 0 Å². The highest BCUT2D eigenvalue weighted by atomic mass is 28.5. The SMILES string of the molecule is CC(C[Si]1(C)O[SiH](C)O[SiH](C)O[SiH](C)O1)c1ccccc1.C[SiH]1O[SiH](C)O[Si](C)(CCOCC2CO2)O[SiH](C)O1. The second-order valence-corrected chi connectivity index (χ2v) is 31.4. The molecule has 0 N–H and O–H groups in total. The Labute approximate surface area is 253 Å². The monoisotopic (exact) mass is 698 g/mol. The molecule has 3 aliphatic rings. The fourth-order valence-corrected chi connectivity index (χ4v) is 34.5. The highest BCUT2D eigenvalue weighted by Crippen LogP contribution is 2.30. The number of epoxide rings is 1. The van der Waals surface area contributed by atoms with Crippen molar-refractivity contribution < 1.29 is 42.4 Å². The molecule has 0 spiro atoms. The summed E-state index contributed by atoms with van der Waals surface area (Å²) in [6.45, 7) is 21.1. The number of rotatable bonds is 8. The van der Waals surface area contributed by atoms with Gasteiger partial charge in [-0.05, 0) is 69.9 Å². The summed E-state index contributed by atoms with van der Waals surface area (Å²) in [5.41, 5.74) is 1.34. The third-order valence-corrected chi connectivity index (χ3v) is 34.7. The summed E-state index contributed by atoms with van der Waals surface area (Å²) in [5, 5.41) is 0. The fourth-order valence-electron chi connectivity index (χ4n) is 5.02. The number of ether oxygens (including phenoxy) is 2. The molecule has 3 aliphatic heterocycles. The molecule has 3 fully saturated rings. The van der Waals surface area contributed by atoms with E-state index < -0.39 is 72.8 Å². The van der Waals surface area contributed by atoms with Crippen LogP contribution >= 0.6 is 0 Å². The first-order chi connectivity index (χ1) is 18.8. The van der Waals surface area contributed by atoms with Crippen LogP contribution < -0.4 is 0 Å². The number of hydrogen-bond donors (Lipinski definition) is 0. The van der Waals surface area contributed by atoms with Crippen LogP contribution in [0.1, 0.15) is 18.4 Å². The molecule has 18 heteroatoms. The zero-order valence-corrected chi connectivity index (χ0v) is 34.6. The van der Waals surface area contributed by atoms with Crippen LogP contribution in [-0.4, -0.2) is 98.7 Å². The molecular formula is C22H50O10Si8. The Kier molecular flexibility index (Phi) is 14.5. The molecule has 10 nitrogen and oxygen atoms in total. The molecule has 6 atom stereocenters. The second kappa shape index (κ2) is 16.6. The molecule has 0 saturated carbocycles. The van der Waals surface area contributed by atoms with Gasteiger partial charge in [-0.1, -0.05) is 37.3 Å². The average molecular weight is 699 g/mol. The lowest BCUT2D eigenvalue weighted by molar-refractivity contribution is 0.122. The maximum absolute atomic E-state index is 6.33.